The number of fused-ring (bicyclic) bond motifs is 1. The van der Waals surface area contributed by atoms with Crippen LogP contribution in [-0.2, 0) is 9.53 Å². The molecular weight excluding hydrogens is 289 g/mol. The van der Waals surface area contributed by atoms with E-state index in [2.05, 4.69) is 4.74 Å². The first-order valence-corrected chi connectivity index (χ1v) is 6.85. The lowest BCUT2D eigenvalue weighted by atomic mass is 9.80. The van der Waals surface area contributed by atoms with Crippen molar-refractivity contribution >= 4 is 12.0 Å². The maximum Gasteiger partial charge on any atom is 0.409 e. The Morgan fingerprint density at radius 1 is 1.43 bits per heavy atom. The van der Waals surface area contributed by atoms with Crippen molar-refractivity contribution in [2.75, 3.05) is 33.8 Å². The number of amides is 2. The van der Waals surface area contributed by atoms with E-state index in [4.69, 9.17) is 0 Å². The number of rotatable bonds is 2. The molecule has 1 saturated heterocycles. The highest BCUT2D eigenvalue weighted by molar-refractivity contribution is 5.82. The summed E-state index contributed by atoms with van der Waals surface area (Å²) >= 11 is 0. The van der Waals surface area contributed by atoms with Crippen LogP contribution < -0.4 is 0 Å². The van der Waals surface area contributed by atoms with E-state index in [0.717, 1.165) is 4.90 Å². The van der Waals surface area contributed by atoms with Crippen LogP contribution in [0.4, 0.5) is 18.0 Å². The summed E-state index contributed by atoms with van der Waals surface area (Å²) in [5.74, 6) is -0.995. The van der Waals surface area contributed by atoms with Crippen LogP contribution in [-0.4, -0.2) is 61.8 Å². The van der Waals surface area contributed by atoms with E-state index >= 15 is 0 Å². The van der Waals surface area contributed by atoms with Crippen LogP contribution in [0.1, 0.15) is 19.3 Å². The van der Waals surface area contributed by atoms with Crippen LogP contribution in [0.3, 0.4) is 0 Å². The fraction of sp³-hybridized carbons (Fsp3) is 0.846. The molecule has 120 valence electrons. The molecule has 1 aliphatic carbocycles. The third kappa shape index (κ3) is 2.67. The van der Waals surface area contributed by atoms with Crippen molar-refractivity contribution in [2.24, 2.45) is 11.3 Å². The number of likely N-dealkylation sites (N-methyl/N-ethyl adjacent to an activating group) is 1. The van der Waals surface area contributed by atoms with Crippen molar-refractivity contribution in [3.05, 3.63) is 0 Å². The minimum atomic E-state index is -4.29. The fourth-order valence-electron chi connectivity index (χ4n) is 3.47. The van der Waals surface area contributed by atoms with Crippen molar-refractivity contribution in [3.8, 4) is 0 Å². The molecule has 2 amide bonds. The second-order valence-electron chi connectivity index (χ2n) is 5.84. The Morgan fingerprint density at radius 3 is 2.62 bits per heavy atom. The average molecular weight is 308 g/mol. The first-order chi connectivity index (χ1) is 9.71. The summed E-state index contributed by atoms with van der Waals surface area (Å²) in [6.45, 7) is -0.449. The quantitative estimate of drug-likeness (QED) is 0.782. The maximum atomic E-state index is 13.4. The van der Waals surface area contributed by atoms with E-state index in [1.54, 1.807) is 0 Å². The molecule has 21 heavy (non-hydrogen) atoms. The van der Waals surface area contributed by atoms with Gasteiger partial charge in [0, 0.05) is 20.1 Å². The fourth-order valence-corrected chi connectivity index (χ4v) is 3.47. The van der Waals surface area contributed by atoms with Gasteiger partial charge in [-0.1, -0.05) is 6.42 Å². The van der Waals surface area contributed by atoms with Crippen molar-refractivity contribution in [1.29, 1.82) is 0 Å². The van der Waals surface area contributed by atoms with Crippen molar-refractivity contribution in [1.82, 2.24) is 9.80 Å². The summed E-state index contributed by atoms with van der Waals surface area (Å²) in [5.41, 5.74) is -1.76. The largest absolute Gasteiger partial charge is 0.453 e. The van der Waals surface area contributed by atoms with Gasteiger partial charge in [0.2, 0.25) is 5.91 Å². The van der Waals surface area contributed by atoms with Crippen molar-refractivity contribution < 1.29 is 27.5 Å². The molecule has 2 rings (SSSR count). The van der Waals surface area contributed by atoms with E-state index in [9.17, 15) is 22.8 Å². The Labute approximate surface area is 121 Å². The minimum absolute atomic E-state index is 0.0811. The zero-order valence-corrected chi connectivity index (χ0v) is 12.1. The van der Waals surface area contributed by atoms with Gasteiger partial charge >= 0.3 is 12.3 Å². The van der Waals surface area contributed by atoms with Crippen molar-refractivity contribution in [3.63, 3.8) is 0 Å². The molecule has 1 aliphatic heterocycles. The Hall–Kier alpha value is -1.47. The van der Waals surface area contributed by atoms with Crippen LogP contribution in [0.2, 0.25) is 0 Å². The molecule has 0 aromatic heterocycles. The van der Waals surface area contributed by atoms with Gasteiger partial charge in [0.05, 0.1) is 12.5 Å². The lowest BCUT2D eigenvalue weighted by Gasteiger charge is -2.31. The number of likely N-dealkylation sites (tertiary alicyclic amines) is 1. The van der Waals surface area contributed by atoms with E-state index < -0.39 is 29.5 Å². The molecule has 1 heterocycles. The third-order valence-corrected chi connectivity index (χ3v) is 4.65. The monoisotopic (exact) mass is 308 g/mol. The summed E-state index contributed by atoms with van der Waals surface area (Å²) in [5, 5.41) is 0. The van der Waals surface area contributed by atoms with Crippen LogP contribution >= 0.6 is 0 Å². The molecule has 0 aromatic rings. The second-order valence-corrected chi connectivity index (χ2v) is 5.84. The van der Waals surface area contributed by atoms with Crippen molar-refractivity contribution in [2.45, 2.75) is 25.4 Å². The van der Waals surface area contributed by atoms with Gasteiger partial charge in [-0.05, 0) is 18.8 Å². The van der Waals surface area contributed by atoms with E-state index in [0.29, 0.717) is 12.8 Å². The van der Waals surface area contributed by atoms with Crippen LogP contribution in [0.15, 0.2) is 0 Å². The molecule has 1 saturated carbocycles. The zero-order valence-electron chi connectivity index (χ0n) is 12.1. The number of carbonyl (C=O) groups excluding carboxylic acids is 2. The predicted molar refractivity (Wildman–Crippen MR) is 67.4 cm³/mol. The lowest BCUT2D eigenvalue weighted by molar-refractivity contribution is -0.226. The number of methoxy groups -OCH3 is 1. The summed E-state index contributed by atoms with van der Waals surface area (Å²) in [6, 6.07) is 0. The molecule has 0 radical (unpaired) electrons. The van der Waals surface area contributed by atoms with Gasteiger partial charge in [-0.25, -0.2) is 4.79 Å². The topological polar surface area (TPSA) is 49.9 Å². The smallest absolute Gasteiger partial charge is 0.409 e. The van der Waals surface area contributed by atoms with Crippen LogP contribution in [0.5, 0.6) is 0 Å². The summed E-state index contributed by atoms with van der Waals surface area (Å²) in [4.78, 5) is 25.6. The highest BCUT2D eigenvalue weighted by Crippen LogP contribution is 2.57. The van der Waals surface area contributed by atoms with Crippen LogP contribution in [0.25, 0.3) is 0 Å². The van der Waals surface area contributed by atoms with Gasteiger partial charge in [0.1, 0.15) is 6.54 Å². The van der Waals surface area contributed by atoms with E-state index in [-0.39, 0.29) is 26.1 Å². The van der Waals surface area contributed by atoms with Gasteiger partial charge in [-0.3, -0.25) is 4.79 Å². The zero-order chi connectivity index (χ0) is 15.8. The Bertz CT molecular complexity index is 441. The molecular formula is C13H19F3N2O3. The Balaban J connectivity index is 2.05. The summed E-state index contributed by atoms with van der Waals surface area (Å²) in [7, 11) is 2.56. The number of ether oxygens (including phenoxy) is 1. The molecule has 0 spiro atoms. The van der Waals surface area contributed by atoms with Gasteiger partial charge < -0.3 is 14.5 Å². The second kappa shape index (κ2) is 5.38. The third-order valence-electron chi connectivity index (χ3n) is 4.65. The standard InChI is InChI=1S/C13H19F3N2O3/c1-17(11(20)21-2)7-10(19)18-6-9-4-3-5-12(9,8-18)13(14,15)16/h9H,3-8H2,1-2H3/t9-,12-/m0/s1. The van der Waals surface area contributed by atoms with E-state index in [1.165, 1.54) is 19.1 Å². The predicted octanol–water partition coefficient (Wildman–Crippen LogP) is 1.88. The normalized spacial score (nSPS) is 28.4. The summed E-state index contributed by atoms with van der Waals surface area (Å²) < 4.78 is 44.6. The highest BCUT2D eigenvalue weighted by atomic mass is 19.4. The number of halogens is 3. The highest BCUT2D eigenvalue weighted by Gasteiger charge is 2.65. The Morgan fingerprint density at radius 2 is 2.10 bits per heavy atom. The first-order valence-electron chi connectivity index (χ1n) is 6.85. The molecule has 2 aliphatic rings. The van der Waals surface area contributed by atoms with E-state index in [1.807, 2.05) is 0 Å². The average Bonchev–Trinajstić information content (AvgIpc) is 2.94. The molecule has 0 aromatic carbocycles. The number of nitrogens with zero attached hydrogens (tertiary/aromatic N) is 2. The van der Waals surface area contributed by atoms with Gasteiger partial charge in [-0.2, -0.15) is 13.2 Å². The molecule has 0 bridgehead atoms. The molecule has 2 fully saturated rings. The molecule has 0 N–H and O–H groups in total. The number of hydrogen-bond donors (Lipinski definition) is 0. The molecule has 2 atom stereocenters. The lowest BCUT2D eigenvalue weighted by Crippen LogP contribution is -2.44. The van der Waals surface area contributed by atoms with Crippen LogP contribution in [0, 0.1) is 11.3 Å². The number of hydrogen-bond acceptors (Lipinski definition) is 3. The van der Waals surface area contributed by atoms with Gasteiger partial charge in [-0.15, -0.1) is 0 Å². The number of alkyl halides is 3. The van der Waals surface area contributed by atoms with Gasteiger partial charge in [0.15, 0.2) is 0 Å². The Kier molecular flexibility index (Phi) is 4.08. The first kappa shape index (κ1) is 15.9. The molecule has 5 nitrogen and oxygen atoms in total. The molecule has 8 heteroatoms. The minimum Gasteiger partial charge on any atom is -0.453 e. The van der Waals surface area contributed by atoms with Gasteiger partial charge in [0.25, 0.3) is 0 Å². The number of carbonyl (C=O) groups is 2. The molecule has 0 unspecified atom stereocenters. The SMILES string of the molecule is COC(=O)N(C)CC(=O)N1C[C@@H]2CCC[C@]2(C(F)(F)F)C1. The maximum absolute atomic E-state index is 13.4. The summed E-state index contributed by atoms with van der Waals surface area (Å²) in [6.07, 6.45) is -3.85.